The first-order valence-corrected chi connectivity index (χ1v) is 18.3. The van der Waals surface area contributed by atoms with E-state index in [1.165, 1.54) is 22.3 Å². The third-order valence-electron chi connectivity index (χ3n) is 9.51. The van der Waals surface area contributed by atoms with E-state index in [9.17, 15) is 0 Å². The Morgan fingerprint density at radius 1 is 0.380 bits per heavy atom. The van der Waals surface area contributed by atoms with Crippen LogP contribution in [0, 0.1) is 6.92 Å². The van der Waals surface area contributed by atoms with Crippen molar-refractivity contribution in [1.82, 2.24) is 0 Å². The van der Waals surface area contributed by atoms with Crippen molar-refractivity contribution in [1.29, 1.82) is 0 Å². The molecule has 0 aliphatic carbocycles. The first kappa shape index (κ1) is 37.3. The molecule has 5 aromatic rings. The molecule has 0 saturated heterocycles. The quantitative estimate of drug-likeness (QED) is 0.176. The molecule has 0 bridgehead atoms. The first-order chi connectivity index (χ1) is 23.1. The summed E-state index contributed by atoms with van der Waals surface area (Å²) in [7, 11) is 0. The van der Waals surface area contributed by atoms with Crippen LogP contribution in [0.15, 0.2) is 109 Å². The Morgan fingerprint density at radius 3 is 0.920 bits per heavy atom. The van der Waals surface area contributed by atoms with Gasteiger partial charge in [0.25, 0.3) is 0 Å². The lowest BCUT2D eigenvalue weighted by Gasteiger charge is -2.34. The van der Waals surface area contributed by atoms with E-state index in [1.807, 2.05) is 0 Å². The summed E-state index contributed by atoms with van der Waals surface area (Å²) in [6, 6.07) is 39.9. The number of benzene rings is 5. The largest absolute Gasteiger partial charge is 0.309 e. The molecule has 0 N–H and O–H groups in total. The Morgan fingerprint density at radius 2 is 0.660 bits per heavy atom. The molecule has 50 heavy (non-hydrogen) atoms. The third-order valence-corrected chi connectivity index (χ3v) is 9.89. The zero-order valence-corrected chi connectivity index (χ0v) is 33.4. The summed E-state index contributed by atoms with van der Waals surface area (Å²) in [4.78, 5) is 4.69. The first-order valence-electron chi connectivity index (χ1n) is 18.0. The highest BCUT2D eigenvalue weighted by Crippen LogP contribution is 2.49. The molecule has 0 heterocycles. The van der Waals surface area contributed by atoms with Crippen LogP contribution in [-0.2, 0) is 21.7 Å². The molecule has 0 unspecified atom stereocenters. The number of hydrogen-bond donors (Lipinski definition) is 0. The minimum Gasteiger partial charge on any atom is -0.309 e. The van der Waals surface area contributed by atoms with E-state index in [0.717, 1.165) is 39.7 Å². The van der Waals surface area contributed by atoms with Gasteiger partial charge in [0.1, 0.15) is 0 Å². The van der Waals surface area contributed by atoms with E-state index in [0.29, 0.717) is 5.02 Å². The van der Waals surface area contributed by atoms with Crippen LogP contribution < -0.4 is 9.80 Å². The smallest absolute Gasteiger partial charge is 0.0887 e. The zero-order chi connectivity index (χ0) is 36.8. The van der Waals surface area contributed by atoms with Gasteiger partial charge in [-0.15, -0.1) is 0 Å². The summed E-state index contributed by atoms with van der Waals surface area (Å²) in [5.41, 5.74) is 12.4. The van der Waals surface area contributed by atoms with Crippen molar-refractivity contribution >= 4 is 45.7 Å². The third kappa shape index (κ3) is 8.13. The molecule has 0 aliphatic heterocycles. The average molecular weight is 685 g/mol. The van der Waals surface area contributed by atoms with Gasteiger partial charge >= 0.3 is 0 Å². The lowest BCUT2D eigenvalue weighted by atomic mass is 9.80. The highest BCUT2D eigenvalue weighted by molar-refractivity contribution is 6.36. The normalized spacial score (nSPS) is 12.6. The van der Waals surface area contributed by atoms with Crippen molar-refractivity contribution in [2.75, 3.05) is 9.80 Å². The number of halogens is 1. The molecule has 0 radical (unpaired) electrons. The molecule has 2 nitrogen and oxygen atoms in total. The maximum absolute atomic E-state index is 7.81. The van der Waals surface area contributed by atoms with Crippen LogP contribution in [0.3, 0.4) is 0 Å². The van der Waals surface area contributed by atoms with Gasteiger partial charge in [-0.3, -0.25) is 0 Å². The molecular weight excluding hydrogens is 628 g/mol. The Bertz CT molecular complexity index is 1740. The fourth-order valence-electron chi connectivity index (χ4n) is 6.28. The standard InChI is InChI=1S/C47H57ClN2/c1-32-24-41(49(37-20-16-14-17-21-37)39-28-33(44(2,3)4)26-34(29-39)45(5,6)7)43(48)42(25-32)50(38-22-18-15-19-23-38)40-30-35(46(8,9)10)27-36(31-40)47(11,12)13/h14-31H,1-13H3. The van der Waals surface area contributed by atoms with E-state index < -0.39 is 0 Å². The van der Waals surface area contributed by atoms with Crippen LogP contribution in [-0.4, -0.2) is 0 Å². The van der Waals surface area contributed by atoms with Gasteiger partial charge in [-0.25, -0.2) is 0 Å². The Kier molecular flexibility index (Phi) is 10.1. The molecule has 262 valence electrons. The Hall–Kier alpha value is -4.01. The monoisotopic (exact) mass is 684 g/mol. The van der Waals surface area contributed by atoms with Gasteiger partial charge in [0, 0.05) is 22.7 Å². The van der Waals surface area contributed by atoms with Gasteiger partial charge < -0.3 is 9.80 Å². The van der Waals surface area contributed by atoms with Crippen molar-refractivity contribution in [2.45, 2.75) is 112 Å². The fraction of sp³-hybridized carbons (Fsp3) is 0.362. The maximum atomic E-state index is 7.81. The summed E-state index contributed by atoms with van der Waals surface area (Å²) < 4.78 is 0. The van der Waals surface area contributed by atoms with Crippen LogP contribution >= 0.6 is 11.6 Å². The number of nitrogens with zero attached hydrogens (tertiary/aromatic N) is 2. The SMILES string of the molecule is Cc1cc(N(c2ccccc2)c2cc(C(C)(C)C)cc(C(C)(C)C)c2)c(Cl)c(N(c2ccccc2)c2cc(C(C)(C)C)cc(C(C)(C)C)c2)c1. The highest BCUT2D eigenvalue weighted by Gasteiger charge is 2.28. The van der Waals surface area contributed by atoms with Crippen LogP contribution in [0.1, 0.15) is 111 Å². The molecule has 0 spiro atoms. The van der Waals surface area contributed by atoms with Crippen molar-refractivity contribution in [3.05, 3.63) is 142 Å². The number of rotatable bonds is 6. The molecule has 0 fully saturated rings. The van der Waals surface area contributed by atoms with Crippen LogP contribution in [0.25, 0.3) is 0 Å². The summed E-state index contributed by atoms with van der Waals surface area (Å²) in [5.74, 6) is 0. The molecule has 0 aliphatic rings. The lowest BCUT2D eigenvalue weighted by Crippen LogP contribution is -2.20. The molecule has 0 aromatic heterocycles. The van der Waals surface area contributed by atoms with E-state index in [2.05, 4.69) is 209 Å². The summed E-state index contributed by atoms with van der Waals surface area (Å²) in [5, 5.41) is 0.695. The molecule has 0 atom stereocenters. The molecule has 0 amide bonds. The highest BCUT2D eigenvalue weighted by atomic mass is 35.5. The summed E-state index contributed by atoms with van der Waals surface area (Å²) in [6.45, 7) is 29.7. The van der Waals surface area contributed by atoms with Crippen molar-refractivity contribution in [3.8, 4) is 0 Å². The zero-order valence-electron chi connectivity index (χ0n) is 32.7. The molecule has 0 saturated carbocycles. The van der Waals surface area contributed by atoms with Crippen LogP contribution in [0.4, 0.5) is 34.1 Å². The number of aryl methyl sites for hydroxylation is 1. The molecule has 5 aromatic carbocycles. The van der Waals surface area contributed by atoms with E-state index in [4.69, 9.17) is 11.6 Å². The van der Waals surface area contributed by atoms with Gasteiger partial charge in [0.2, 0.25) is 0 Å². The number of para-hydroxylation sites is 2. The Balaban J connectivity index is 1.86. The summed E-state index contributed by atoms with van der Waals surface area (Å²) >= 11 is 7.81. The van der Waals surface area contributed by atoms with Crippen LogP contribution in [0.2, 0.25) is 5.02 Å². The average Bonchev–Trinajstić information content (AvgIpc) is 3.02. The summed E-state index contributed by atoms with van der Waals surface area (Å²) in [6.07, 6.45) is 0. The lowest BCUT2D eigenvalue weighted by molar-refractivity contribution is 0.568. The van der Waals surface area contributed by atoms with Gasteiger partial charge in [-0.2, -0.15) is 0 Å². The minimum atomic E-state index is -0.0349. The Labute approximate surface area is 308 Å². The number of anilines is 6. The van der Waals surface area contributed by atoms with Crippen molar-refractivity contribution in [3.63, 3.8) is 0 Å². The molecule has 3 heteroatoms. The van der Waals surface area contributed by atoms with Gasteiger partial charge in [-0.05, 0) is 117 Å². The fourth-order valence-corrected chi connectivity index (χ4v) is 6.56. The predicted octanol–water partition coefficient (Wildman–Crippen LogP) is 14.8. The van der Waals surface area contributed by atoms with Gasteiger partial charge in [-0.1, -0.05) is 143 Å². The second kappa shape index (κ2) is 13.6. The molecule has 5 rings (SSSR count). The second-order valence-electron chi connectivity index (χ2n) is 18.0. The van der Waals surface area contributed by atoms with Gasteiger partial charge in [0.05, 0.1) is 16.4 Å². The van der Waals surface area contributed by atoms with E-state index >= 15 is 0 Å². The predicted molar refractivity (Wildman–Crippen MR) is 220 cm³/mol. The van der Waals surface area contributed by atoms with E-state index in [1.54, 1.807) is 0 Å². The second-order valence-corrected chi connectivity index (χ2v) is 18.4. The molecular formula is C47H57ClN2. The van der Waals surface area contributed by atoms with Crippen molar-refractivity contribution in [2.24, 2.45) is 0 Å². The topological polar surface area (TPSA) is 6.48 Å². The van der Waals surface area contributed by atoms with E-state index in [-0.39, 0.29) is 21.7 Å². The van der Waals surface area contributed by atoms with Crippen LogP contribution in [0.5, 0.6) is 0 Å². The van der Waals surface area contributed by atoms with Crippen molar-refractivity contribution < 1.29 is 0 Å². The maximum Gasteiger partial charge on any atom is 0.0887 e. The number of hydrogen-bond acceptors (Lipinski definition) is 2. The minimum absolute atomic E-state index is 0.0349. The van der Waals surface area contributed by atoms with Gasteiger partial charge in [0.15, 0.2) is 0 Å².